The van der Waals surface area contributed by atoms with Gasteiger partial charge in [0.15, 0.2) is 5.13 Å². The Bertz CT molecular complexity index is 880. The number of rotatable bonds is 2. The van der Waals surface area contributed by atoms with Crippen molar-refractivity contribution in [3.63, 3.8) is 0 Å². The number of aryl methyl sites for hydroxylation is 2. The third kappa shape index (κ3) is 2.65. The molecule has 1 fully saturated rings. The van der Waals surface area contributed by atoms with Gasteiger partial charge >= 0.3 is 0 Å². The van der Waals surface area contributed by atoms with Crippen LogP contribution in [0.4, 0.5) is 5.13 Å². The van der Waals surface area contributed by atoms with E-state index in [0.29, 0.717) is 18.8 Å². The summed E-state index contributed by atoms with van der Waals surface area (Å²) < 4.78 is 6.18. The molecule has 0 aliphatic carbocycles. The minimum Gasteiger partial charge on any atom is -0.351 e. The number of hydrogen-bond donors (Lipinski definition) is 0. The zero-order valence-corrected chi connectivity index (χ0v) is 14.5. The Morgan fingerprint density at radius 1 is 1.21 bits per heavy atom. The van der Waals surface area contributed by atoms with Crippen molar-refractivity contribution in [2.75, 3.05) is 31.1 Å². The molecule has 0 N–H and O–H groups in total. The number of anilines is 1. The van der Waals surface area contributed by atoms with Gasteiger partial charge in [-0.25, -0.2) is 4.98 Å². The van der Waals surface area contributed by atoms with E-state index in [-0.39, 0.29) is 5.91 Å². The number of nitrogens with zero attached hydrogens (tertiary/aromatic N) is 4. The number of aromatic nitrogens is 2. The number of piperazine rings is 1. The van der Waals surface area contributed by atoms with Gasteiger partial charge < -0.3 is 14.3 Å². The molecule has 3 heterocycles. The highest BCUT2D eigenvalue weighted by molar-refractivity contribution is 7.22. The second kappa shape index (κ2) is 5.90. The Balaban J connectivity index is 1.50. The van der Waals surface area contributed by atoms with Crippen LogP contribution in [0.3, 0.4) is 0 Å². The van der Waals surface area contributed by atoms with Gasteiger partial charge in [0.2, 0.25) is 5.76 Å². The van der Waals surface area contributed by atoms with Gasteiger partial charge in [-0.15, -0.1) is 0 Å². The summed E-state index contributed by atoms with van der Waals surface area (Å²) in [6.07, 6.45) is 1.49. The molecule has 6 nitrogen and oxygen atoms in total. The van der Waals surface area contributed by atoms with Crippen LogP contribution in [0, 0.1) is 13.8 Å². The quantitative estimate of drug-likeness (QED) is 0.717. The Kier molecular flexibility index (Phi) is 3.72. The van der Waals surface area contributed by atoms with Gasteiger partial charge in [-0.1, -0.05) is 22.6 Å². The lowest BCUT2D eigenvalue weighted by molar-refractivity contribution is 0.0705. The normalized spacial score (nSPS) is 15.2. The van der Waals surface area contributed by atoms with E-state index in [1.54, 1.807) is 22.3 Å². The van der Waals surface area contributed by atoms with Gasteiger partial charge in [0.1, 0.15) is 0 Å². The first-order chi connectivity index (χ1) is 11.6. The highest BCUT2D eigenvalue weighted by atomic mass is 32.1. The number of amides is 1. The highest BCUT2D eigenvalue weighted by Crippen LogP contribution is 2.32. The molecule has 3 aromatic rings. The van der Waals surface area contributed by atoms with Crippen molar-refractivity contribution in [2.45, 2.75) is 13.8 Å². The molecule has 1 aliphatic heterocycles. The van der Waals surface area contributed by atoms with Crippen LogP contribution in [-0.4, -0.2) is 47.1 Å². The molecule has 0 unspecified atom stereocenters. The molecule has 4 rings (SSSR count). The minimum absolute atomic E-state index is 0.0945. The number of thiazole rings is 1. The Morgan fingerprint density at radius 3 is 2.71 bits per heavy atom. The van der Waals surface area contributed by atoms with Crippen molar-refractivity contribution in [3.05, 3.63) is 41.3 Å². The molecule has 1 saturated heterocycles. The maximum absolute atomic E-state index is 12.3. The van der Waals surface area contributed by atoms with Crippen LogP contribution >= 0.6 is 11.3 Å². The molecular weight excluding hydrogens is 324 g/mol. The summed E-state index contributed by atoms with van der Waals surface area (Å²) in [6.45, 7) is 7.09. The van der Waals surface area contributed by atoms with Crippen molar-refractivity contribution in [1.82, 2.24) is 15.0 Å². The fraction of sp³-hybridized carbons (Fsp3) is 0.353. The van der Waals surface area contributed by atoms with Gasteiger partial charge in [-0.3, -0.25) is 4.79 Å². The number of hydrogen-bond acceptors (Lipinski definition) is 6. The highest BCUT2D eigenvalue weighted by Gasteiger charge is 2.25. The lowest BCUT2D eigenvalue weighted by Gasteiger charge is -2.33. The third-order valence-corrected chi connectivity index (χ3v) is 5.37. The van der Waals surface area contributed by atoms with Crippen LogP contribution in [0.5, 0.6) is 0 Å². The average molecular weight is 342 g/mol. The van der Waals surface area contributed by atoms with E-state index < -0.39 is 0 Å². The molecule has 0 spiro atoms. The van der Waals surface area contributed by atoms with Gasteiger partial charge in [0.05, 0.1) is 16.4 Å². The van der Waals surface area contributed by atoms with Crippen LogP contribution in [-0.2, 0) is 0 Å². The van der Waals surface area contributed by atoms with Crippen LogP contribution in [0.15, 0.2) is 28.9 Å². The molecule has 2 aromatic heterocycles. The summed E-state index contributed by atoms with van der Waals surface area (Å²) in [4.78, 5) is 21.2. The average Bonchev–Trinajstić information content (AvgIpc) is 3.24. The van der Waals surface area contributed by atoms with E-state index in [2.05, 4.69) is 36.0 Å². The molecule has 7 heteroatoms. The summed E-state index contributed by atoms with van der Waals surface area (Å²) in [5, 5.41) is 4.63. The zero-order valence-electron chi connectivity index (χ0n) is 13.7. The zero-order chi connectivity index (χ0) is 16.7. The van der Waals surface area contributed by atoms with Crippen LogP contribution in [0.25, 0.3) is 10.2 Å². The summed E-state index contributed by atoms with van der Waals surface area (Å²) in [5.74, 6) is 0.206. The maximum Gasteiger partial charge on any atom is 0.292 e. The molecule has 0 saturated carbocycles. The predicted molar refractivity (Wildman–Crippen MR) is 93.7 cm³/mol. The molecule has 1 aromatic carbocycles. The van der Waals surface area contributed by atoms with Crippen molar-refractivity contribution < 1.29 is 9.32 Å². The lowest BCUT2D eigenvalue weighted by atomic mass is 10.1. The van der Waals surface area contributed by atoms with Crippen LogP contribution < -0.4 is 4.90 Å². The van der Waals surface area contributed by atoms with Crippen molar-refractivity contribution in [3.8, 4) is 0 Å². The van der Waals surface area contributed by atoms with Crippen molar-refractivity contribution >= 4 is 32.6 Å². The van der Waals surface area contributed by atoms with Crippen LogP contribution in [0.1, 0.15) is 21.7 Å². The monoisotopic (exact) mass is 342 g/mol. The number of carbonyl (C=O) groups excluding carboxylic acids is 1. The summed E-state index contributed by atoms with van der Waals surface area (Å²) >= 11 is 1.72. The van der Waals surface area contributed by atoms with E-state index in [4.69, 9.17) is 9.51 Å². The molecule has 0 radical (unpaired) electrons. The fourth-order valence-corrected chi connectivity index (χ4v) is 4.27. The van der Waals surface area contributed by atoms with Crippen LogP contribution in [0.2, 0.25) is 0 Å². The smallest absolute Gasteiger partial charge is 0.292 e. The second-order valence-electron chi connectivity index (χ2n) is 6.08. The lowest BCUT2D eigenvalue weighted by Crippen LogP contribution is -2.48. The van der Waals surface area contributed by atoms with Crippen molar-refractivity contribution in [1.29, 1.82) is 0 Å². The molecule has 124 valence electrons. The maximum atomic E-state index is 12.3. The number of carbonyl (C=O) groups is 1. The van der Waals surface area contributed by atoms with Gasteiger partial charge in [-0.2, -0.15) is 0 Å². The second-order valence-corrected chi connectivity index (χ2v) is 7.09. The fourth-order valence-electron chi connectivity index (χ4n) is 3.08. The molecular formula is C17H18N4O2S. The first-order valence-electron chi connectivity index (χ1n) is 7.94. The number of benzene rings is 1. The SMILES string of the molecule is Cc1cc(C)c2nc(N3CCN(C(=O)c4ccno4)CC3)sc2c1. The molecule has 1 aliphatic rings. The summed E-state index contributed by atoms with van der Waals surface area (Å²) in [6, 6.07) is 5.96. The Labute approximate surface area is 143 Å². The Morgan fingerprint density at radius 2 is 2.00 bits per heavy atom. The summed E-state index contributed by atoms with van der Waals surface area (Å²) in [5.41, 5.74) is 3.56. The topological polar surface area (TPSA) is 62.5 Å². The number of fused-ring (bicyclic) bond motifs is 1. The van der Waals surface area contributed by atoms with Gasteiger partial charge in [0.25, 0.3) is 5.91 Å². The first-order valence-corrected chi connectivity index (χ1v) is 8.76. The minimum atomic E-state index is -0.0945. The standard InChI is InChI=1S/C17H18N4O2S/c1-11-9-12(2)15-14(10-11)24-17(19-15)21-7-5-20(6-8-21)16(22)13-3-4-18-23-13/h3-4,9-10H,5-8H2,1-2H3. The summed E-state index contributed by atoms with van der Waals surface area (Å²) in [7, 11) is 0. The van der Waals surface area contributed by atoms with E-state index in [0.717, 1.165) is 23.7 Å². The molecule has 0 atom stereocenters. The van der Waals surface area contributed by atoms with E-state index in [9.17, 15) is 4.79 Å². The van der Waals surface area contributed by atoms with Crippen molar-refractivity contribution in [2.24, 2.45) is 0 Å². The molecule has 1 amide bonds. The van der Waals surface area contributed by atoms with E-state index in [1.165, 1.54) is 22.0 Å². The van der Waals surface area contributed by atoms with E-state index >= 15 is 0 Å². The third-order valence-electron chi connectivity index (χ3n) is 4.30. The predicted octanol–water partition coefficient (Wildman–Crippen LogP) is 2.86. The molecule has 0 bridgehead atoms. The largest absolute Gasteiger partial charge is 0.351 e. The van der Waals surface area contributed by atoms with Gasteiger partial charge in [-0.05, 0) is 31.0 Å². The van der Waals surface area contributed by atoms with Gasteiger partial charge in [0, 0.05) is 32.2 Å². The molecule has 24 heavy (non-hydrogen) atoms. The van der Waals surface area contributed by atoms with E-state index in [1.807, 2.05) is 0 Å². The Hall–Kier alpha value is -2.41. The first kappa shape index (κ1) is 15.1.